The summed E-state index contributed by atoms with van der Waals surface area (Å²) in [6, 6.07) is 9.33. The van der Waals surface area contributed by atoms with Gasteiger partial charge in [0, 0.05) is 12.1 Å². The van der Waals surface area contributed by atoms with Crippen molar-refractivity contribution in [2.75, 3.05) is 0 Å². The molecule has 2 atom stereocenters. The Hall–Kier alpha value is -0.860. The Morgan fingerprint density at radius 2 is 1.84 bits per heavy atom. The zero-order valence-electron chi connectivity index (χ0n) is 13.1. The fourth-order valence-electron chi connectivity index (χ4n) is 3.29. The molecule has 0 amide bonds. The van der Waals surface area contributed by atoms with Crippen molar-refractivity contribution in [1.29, 1.82) is 0 Å². The minimum absolute atomic E-state index is 0.0351. The Balaban J connectivity index is 2.12. The van der Waals surface area contributed by atoms with E-state index in [2.05, 4.69) is 71.1 Å². The molecule has 1 saturated heterocycles. The van der Waals surface area contributed by atoms with Crippen LogP contribution in [0.4, 0.5) is 0 Å². The normalized spacial score (nSPS) is 26.3. The van der Waals surface area contributed by atoms with Crippen molar-refractivity contribution in [3.63, 3.8) is 0 Å². The van der Waals surface area contributed by atoms with E-state index in [-0.39, 0.29) is 11.2 Å². The van der Waals surface area contributed by atoms with Gasteiger partial charge in [-0.3, -0.25) is 0 Å². The summed E-state index contributed by atoms with van der Waals surface area (Å²) in [5.41, 5.74) is 2.58. The van der Waals surface area contributed by atoms with E-state index in [9.17, 15) is 0 Å². The van der Waals surface area contributed by atoms with E-state index in [1.807, 2.05) is 0 Å². The summed E-state index contributed by atoms with van der Waals surface area (Å²) in [4.78, 5) is 0. The summed E-state index contributed by atoms with van der Waals surface area (Å²) in [6.45, 7) is 13.1. The van der Waals surface area contributed by atoms with E-state index in [1.54, 1.807) is 0 Å². The Morgan fingerprint density at radius 3 is 2.37 bits per heavy atom. The molecule has 0 bridgehead atoms. The number of nitrogens with one attached hydrogen (secondary N) is 1. The molecule has 0 radical (unpaired) electrons. The van der Waals surface area contributed by atoms with Crippen molar-refractivity contribution in [2.24, 2.45) is 0 Å². The van der Waals surface area contributed by atoms with Gasteiger partial charge in [0.25, 0.3) is 0 Å². The molecule has 19 heavy (non-hydrogen) atoms. The third-order valence-electron chi connectivity index (χ3n) is 4.18. The molecule has 1 fully saturated rings. The molecule has 2 nitrogen and oxygen atoms in total. The summed E-state index contributed by atoms with van der Waals surface area (Å²) in [7, 11) is 0. The predicted octanol–water partition coefficient (Wildman–Crippen LogP) is 3.99. The minimum atomic E-state index is -0.111. The lowest BCUT2D eigenvalue weighted by Gasteiger charge is -2.30. The molecule has 0 saturated carbocycles. The Labute approximate surface area is 117 Å². The Kier molecular flexibility index (Phi) is 3.76. The maximum atomic E-state index is 6.15. The summed E-state index contributed by atoms with van der Waals surface area (Å²) in [6.07, 6.45) is 1.05. The van der Waals surface area contributed by atoms with Gasteiger partial charge in [-0.1, -0.05) is 24.3 Å². The van der Waals surface area contributed by atoms with Gasteiger partial charge >= 0.3 is 0 Å². The molecule has 0 spiro atoms. The number of rotatable bonds is 3. The van der Waals surface area contributed by atoms with Crippen LogP contribution in [-0.4, -0.2) is 17.2 Å². The van der Waals surface area contributed by atoms with E-state index in [0.29, 0.717) is 12.1 Å². The van der Waals surface area contributed by atoms with Crippen molar-refractivity contribution in [2.45, 2.75) is 71.2 Å². The summed E-state index contributed by atoms with van der Waals surface area (Å²) >= 11 is 0. The minimum Gasteiger partial charge on any atom is -0.368 e. The van der Waals surface area contributed by atoms with Crippen molar-refractivity contribution in [3.05, 3.63) is 35.4 Å². The molecule has 2 rings (SSSR count). The van der Waals surface area contributed by atoms with Gasteiger partial charge in [0.05, 0.1) is 11.2 Å². The molecule has 1 aromatic rings. The first-order chi connectivity index (χ1) is 8.71. The lowest BCUT2D eigenvalue weighted by Crippen LogP contribution is -2.44. The predicted molar refractivity (Wildman–Crippen MR) is 80.4 cm³/mol. The van der Waals surface area contributed by atoms with Crippen LogP contribution in [0, 0.1) is 6.92 Å². The number of ether oxygens (including phenoxy) is 1. The van der Waals surface area contributed by atoms with Gasteiger partial charge in [-0.15, -0.1) is 0 Å². The fourth-order valence-corrected chi connectivity index (χ4v) is 3.29. The molecule has 1 aliphatic heterocycles. The third kappa shape index (κ3) is 3.18. The SMILES string of the molecule is Cc1ccccc1C(C)NC1CC(C)(C)OC1(C)C. The lowest BCUT2D eigenvalue weighted by atomic mass is 9.92. The van der Waals surface area contributed by atoms with E-state index in [1.165, 1.54) is 11.1 Å². The molecule has 0 aromatic heterocycles. The Bertz CT molecular complexity index is 450. The van der Waals surface area contributed by atoms with E-state index in [4.69, 9.17) is 4.74 Å². The van der Waals surface area contributed by atoms with E-state index in [0.717, 1.165) is 6.42 Å². The van der Waals surface area contributed by atoms with Crippen LogP contribution in [0.15, 0.2) is 24.3 Å². The summed E-state index contributed by atoms with van der Waals surface area (Å²) in [5, 5.41) is 3.76. The van der Waals surface area contributed by atoms with Crippen molar-refractivity contribution in [1.82, 2.24) is 5.32 Å². The first-order valence-electron chi connectivity index (χ1n) is 7.23. The zero-order chi connectivity index (χ0) is 14.3. The number of hydrogen-bond donors (Lipinski definition) is 1. The van der Waals surface area contributed by atoms with Crippen molar-refractivity contribution in [3.8, 4) is 0 Å². The second-order valence-electron chi connectivity index (χ2n) is 6.97. The van der Waals surface area contributed by atoms with E-state index >= 15 is 0 Å². The van der Waals surface area contributed by atoms with Crippen molar-refractivity contribution >= 4 is 0 Å². The fraction of sp³-hybridized carbons (Fsp3) is 0.647. The van der Waals surface area contributed by atoms with Crippen LogP contribution in [0.5, 0.6) is 0 Å². The first-order valence-corrected chi connectivity index (χ1v) is 7.23. The van der Waals surface area contributed by atoms with Crippen LogP contribution < -0.4 is 5.32 Å². The third-order valence-corrected chi connectivity index (χ3v) is 4.18. The molecule has 1 aromatic carbocycles. The molecular weight excluding hydrogens is 234 g/mol. The largest absolute Gasteiger partial charge is 0.368 e. The van der Waals surface area contributed by atoms with Crippen LogP contribution in [0.1, 0.15) is 58.2 Å². The zero-order valence-corrected chi connectivity index (χ0v) is 13.1. The monoisotopic (exact) mass is 261 g/mol. The maximum absolute atomic E-state index is 6.15. The molecule has 1 heterocycles. The molecule has 1 aliphatic rings. The highest BCUT2D eigenvalue weighted by atomic mass is 16.5. The van der Waals surface area contributed by atoms with Gasteiger partial charge < -0.3 is 10.1 Å². The van der Waals surface area contributed by atoms with Crippen LogP contribution in [0.2, 0.25) is 0 Å². The molecule has 2 unspecified atom stereocenters. The second kappa shape index (κ2) is 4.92. The summed E-state index contributed by atoms with van der Waals surface area (Å²) in [5.74, 6) is 0. The standard InChI is InChI=1S/C17H27NO/c1-12-9-7-8-10-14(12)13(2)18-15-11-16(3,4)19-17(15,5)6/h7-10,13,15,18H,11H2,1-6H3. The smallest absolute Gasteiger partial charge is 0.0787 e. The average molecular weight is 261 g/mol. The highest BCUT2D eigenvalue weighted by Gasteiger charge is 2.46. The molecule has 2 heteroatoms. The van der Waals surface area contributed by atoms with Gasteiger partial charge in [0.1, 0.15) is 0 Å². The molecular formula is C17H27NO. The highest BCUT2D eigenvalue weighted by molar-refractivity contribution is 5.28. The number of hydrogen-bond acceptors (Lipinski definition) is 2. The number of benzene rings is 1. The number of aryl methyl sites for hydroxylation is 1. The topological polar surface area (TPSA) is 21.3 Å². The first kappa shape index (κ1) is 14.5. The maximum Gasteiger partial charge on any atom is 0.0787 e. The second-order valence-corrected chi connectivity index (χ2v) is 6.97. The highest BCUT2D eigenvalue weighted by Crippen LogP contribution is 2.38. The Morgan fingerprint density at radius 1 is 1.21 bits per heavy atom. The van der Waals surface area contributed by atoms with Crippen LogP contribution in [0.25, 0.3) is 0 Å². The summed E-state index contributed by atoms with van der Waals surface area (Å²) < 4.78 is 6.15. The molecule has 106 valence electrons. The van der Waals surface area contributed by atoms with E-state index < -0.39 is 0 Å². The quantitative estimate of drug-likeness (QED) is 0.888. The van der Waals surface area contributed by atoms with Crippen LogP contribution >= 0.6 is 0 Å². The van der Waals surface area contributed by atoms with Gasteiger partial charge in [-0.05, 0) is 59.1 Å². The molecule has 0 aliphatic carbocycles. The van der Waals surface area contributed by atoms with Crippen molar-refractivity contribution < 1.29 is 4.74 Å². The van der Waals surface area contributed by atoms with Crippen LogP contribution in [0.3, 0.4) is 0 Å². The molecule has 1 N–H and O–H groups in total. The van der Waals surface area contributed by atoms with Crippen LogP contribution in [-0.2, 0) is 4.74 Å². The van der Waals surface area contributed by atoms with Gasteiger partial charge in [0.2, 0.25) is 0 Å². The lowest BCUT2D eigenvalue weighted by molar-refractivity contribution is -0.0703. The van der Waals surface area contributed by atoms with Gasteiger partial charge in [0.15, 0.2) is 0 Å². The van der Waals surface area contributed by atoms with Gasteiger partial charge in [-0.25, -0.2) is 0 Å². The van der Waals surface area contributed by atoms with Gasteiger partial charge in [-0.2, -0.15) is 0 Å². The average Bonchev–Trinajstić information content (AvgIpc) is 2.47.